The Morgan fingerprint density at radius 3 is 2.69 bits per heavy atom. The highest BCUT2D eigenvalue weighted by atomic mass is 35.5. The number of hydrogen-bond donors (Lipinski definition) is 0. The van der Waals surface area contributed by atoms with Crippen molar-refractivity contribution < 1.29 is 14.3 Å². The van der Waals surface area contributed by atoms with Crippen LogP contribution in [-0.2, 0) is 0 Å². The SMILES string of the molecule is CCC(C)Oc1c(Cl)cc(C=O)cc1OC. The molecule has 0 bridgehead atoms. The maximum Gasteiger partial charge on any atom is 0.180 e. The van der Waals surface area contributed by atoms with Crippen LogP contribution in [0.5, 0.6) is 11.5 Å². The number of carbonyl (C=O) groups is 1. The topological polar surface area (TPSA) is 35.5 Å². The standard InChI is InChI=1S/C12H15ClO3/c1-4-8(2)16-12-10(13)5-9(7-14)6-11(12)15-3/h5-8H,4H2,1-3H3. The molecule has 1 aromatic rings. The highest BCUT2D eigenvalue weighted by Gasteiger charge is 2.13. The van der Waals surface area contributed by atoms with Crippen LogP contribution in [0.3, 0.4) is 0 Å². The van der Waals surface area contributed by atoms with E-state index in [1.54, 1.807) is 12.1 Å². The predicted molar refractivity (Wildman–Crippen MR) is 63.8 cm³/mol. The molecule has 0 heterocycles. The van der Waals surface area contributed by atoms with E-state index in [-0.39, 0.29) is 6.10 Å². The van der Waals surface area contributed by atoms with E-state index in [0.29, 0.717) is 22.1 Å². The molecular weight excluding hydrogens is 228 g/mol. The third-order valence-electron chi connectivity index (χ3n) is 2.28. The molecule has 0 amide bonds. The molecule has 1 unspecified atom stereocenters. The maximum absolute atomic E-state index is 10.7. The first-order chi connectivity index (χ1) is 7.62. The number of rotatable bonds is 5. The van der Waals surface area contributed by atoms with E-state index in [0.717, 1.165) is 12.7 Å². The summed E-state index contributed by atoms with van der Waals surface area (Å²) in [6, 6.07) is 3.17. The van der Waals surface area contributed by atoms with Crippen LogP contribution in [0.2, 0.25) is 5.02 Å². The molecule has 4 heteroatoms. The Hall–Kier alpha value is -1.22. The van der Waals surface area contributed by atoms with Crippen LogP contribution < -0.4 is 9.47 Å². The third-order valence-corrected chi connectivity index (χ3v) is 2.56. The van der Waals surface area contributed by atoms with Gasteiger partial charge in [-0.25, -0.2) is 0 Å². The summed E-state index contributed by atoms with van der Waals surface area (Å²) in [5.74, 6) is 0.971. The number of carbonyl (C=O) groups excluding carboxylic acids is 1. The molecule has 1 atom stereocenters. The van der Waals surface area contributed by atoms with Gasteiger partial charge in [0.15, 0.2) is 11.5 Å². The van der Waals surface area contributed by atoms with Gasteiger partial charge in [-0.2, -0.15) is 0 Å². The van der Waals surface area contributed by atoms with E-state index >= 15 is 0 Å². The summed E-state index contributed by atoms with van der Waals surface area (Å²) in [5, 5.41) is 0.391. The van der Waals surface area contributed by atoms with Crippen LogP contribution >= 0.6 is 11.6 Å². The van der Waals surface area contributed by atoms with Gasteiger partial charge in [0.25, 0.3) is 0 Å². The molecule has 16 heavy (non-hydrogen) atoms. The lowest BCUT2D eigenvalue weighted by molar-refractivity contribution is 0.112. The quantitative estimate of drug-likeness (QED) is 0.743. The first-order valence-electron chi connectivity index (χ1n) is 5.11. The zero-order chi connectivity index (χ0) is 12.1. The lowest BCUT2D eigenvalue weighted by atomic mass is 10.2. The second kappa shape index (κ2) is 5.75. The molecule has 0 saturated carbocycles. The van der Waals surface area contributed by atoms with Gasteiger partial charge in [0.05, 0.1) is 18.2 Å². The molecule has 0 aliphatic carbocycles. The van der Waals surface area contributed by atoms with Crippen LogP contribution in [0.4, 0.5) is 0 Å². The van der Waals surface area contributed by atoms with E-state index in [4.69, 9.17) is 21.1 Å². The molecule has 1 rings (SSSR count). The number of ether oxygens (including phenoxy) is 2. The van der Waals surface area contributed by atoms with Crippen molar-refractivity contribution in [3.05, 3.63) is 22.7 Å². The van der Waals surface area contributed by atoms with Crippen molar-refractivity contribution in [1.82, 2.24) is 0 Å². The molecule has 88 valence electrons. The molecule has 0 spiro atoms. The van der Waals surface area contributed by atoms with Crippen molar-refractivity contribution in [3.63, 3.8) is 0 Å². The summed E-state index contributed by atoms with van der Waals surface area (Å²) in [6.07, 6.45) is 1.64. The van der Waals surface area contributed by atoms with Crippen molar-refractivity contribution in [2.75, 3.05) is 7.11 Å². The summed E-state index contributed by atoms with van der Waals surface area (Å²) in [6.45, 7) is 3.97. The lowest BCUT2D eigenvalue weighted by Gasteiger charge is -2.17. The van der Waals surface area contributed by atoms with Crippen LogP contribution in [0.15, 0.2) is 12.1 Å². The van der Waals surface area contributed by atoms with Gasteiger partial charge in [0.2, 0.25) is 0 Å². The molecule has 0 N–H and O–H groups in total. The molecule has 0 aromatic heterocycles. The fourth-order valence-electron chi connectivity index (χ4n) is 1.21. The Morgan fingerprint density at radius 1 is 1.50 bits per heavy atom. The molecule has 1 aromatic carbocycles. The van der Waals surface area contributed by atoms with E-state index in [2.05, 4.69) is 0 Å². The number of methoxy groups -OCH3 is 1. The Balaban J connectivity index is 3.11. The van der Waals surface area contributed by atoms with Gasteiger partial charge in [0, 0.05) is 5.56 Å². The van der Waals surface area contributed by atoms with Gasteiger partial charge in [0.1, 0.15) is 6.29 Å². The summed E-state index contributed by atoms with van der Waals surface area (Å²) >= 11 is 6.03. The first-order valence-corrected chi connectivity index (χ1v) is 5.49. The van der Waals surface area contributed by atoms with Gasteiger partial charge in [-0.15, -0.1) is 0 Å². The van der Waals surface area contributed by atoms with Gasteiger partial charge < -0.3 is 9.47 Å². The fourth-order valence-corrected chi connectivity index (χ4v) is 1.47. The van der Waals surface area contributed by atoms with Crippen molar-refractivity contribution in [1.29, 1.82) is 0 Å². The average molecular weight is 243 g/mol. The van der Waals surface area contributed by atoms with E-state index in [1.807, 2.05) is 13.8 Å². The Bertz CT molecular complexity index is 377. The molecule has 0 fully saturated rings. The van der Waals surface area contributed by atoms with Crippen molar-refractivity contribution in [2.24, 2.45) is 0 Å². The minimum absolute atomic E-state index is 0.0495. The molecular formula is C12H15ClO3. The monoisotopic (exact) mass is 242 g/mol. The number of benzene rings is 1. The van der Waals surface area contributed by atoms with Crippen LogP contribution in [0.25, 0.3) is 0 Å². The highest BCUT2D eigenvalue weighted by molar-refractivity contribution is 6.32. The predicted octanol–water partition coefficient (Wildman–Crippen LogP) is 3.34. The summed E-state index contributed by atoms with van der Waals surface area (Å²) in [7, 11) is 1.52. The zero-order valence-electron chi connectivity index (χ0n) is 9.62. The summed E-state index contributed by atoms with van der Waals surface area (Å²) in [5.41, 5.74) is 0.471. The average Bonchev–Trinajstić information content (AvgIpc) is 2.30. The smallest absolute Gasteiger partial charge is 0.180 e. The normalized spacial score (nSPS) is 12.0. The fraction of sp³-hybridized carbons (Fsp3) is 0.417. The van der Waals surface area contributed by atoms with E-state index in [1.165, 1.54) is 7.11 Å². The van der Waals surface area contributed by atoms with E-state index < -0.39 is 0 Å². The number of aldehydes is 1. The van der Waals surface area contributed by atoms with Gasteiger partial charge in [-0.05, 0) is 25.5 Å². The third kappa shape index (κ3) is 2.89. The molecule has 0 saturated heterocycles. The minimum atomic E-state index is 0.0495. The molecule has 3 nitrogen and oxygen atoms in total. The largest absolute Gasteiger partial charge is 0.493 e. The minimum Gasteiger partial charge on any atom is -0.493 e. The Labute approximate surface area is 100 Å². The summed E-state index contributed by atoms with van der Waals surface area (Å²) in [4.78, 5) is 10.7. The van der Waals surface area contributed by atoms with Crippen LogP contribution in [-0.4, -0.2) is 19.5 Å². The van der Waals surface area contributed by atoms with Crippen LogP contribution in [0, 0.1) is 0 Å². The van der Waals surface area contributed by atoms with E-state index in [9.17, 15) is 4.79 Å². The zero-order valence-corrected chi connectivity index (χ0v) is 10.4. The van der Waals surface area contributed by atoms with Gasteiger partial charge >= 0.3 is 0 Å². The molecule has 0 radical (unpaired) electrons. The highest BCUT2D eigenvalue weighted by Crippen LogP contribution is 2.36. The second-order valence-electron chi connectivity index (χ2n) is 3.49. The summed E-state index contributed by atoms with van der Waals surface area (Å²) < 4.78 is 10.8. The lowest BCUT2D eigenvalue weighted by Crippen LogP contribution is -2.11. The van der Waals surface area contributed by atoms with Gasteiger partial charge in [-0.1, -0.05) is 18.5 Å². The first kappa shape index (κ1) is 12.8. The van der Waals surface area contributed by atoms with Gasteiger partial charge in [-0.3, -0.25) is 4.79 Å². The van der Waals surface area contributed by atoms with Crippen LogP contribution in [0.1, 0.15) is 30.6 Å². The number of halogens is 1. The molecule has 0 aliphatic rings. The van der Waals surface area contributed by atoms with Crippen molar-refractivity contribution in [3.8, 4) is 11.5 Å². The van der Waals surface area contributed by atoms with Crippen molar-refractivity contribution >= 4 is 17.9 Å². The second-order valence-corrected chi connectivity index (χ2v) is 3.90. The van der Waals surface area contributed by atoms with Crippen molar-refractivity contribution in [2.45, 2.75) is 26.4 Å². The molecule has 0 aliphatic heterocycles. The maximum atomic E-state index is 10.7. The number of hydrogen-bond acceptors (Lipinski definition) is 3. The Kier molecular flexibility index (Phi) is 4.62. The Morgan fingerprint density at radius 2 is 2.19 bits per heavy atom.